The van der Waals surface area contributed by atoms with Gasteiger partial charge in [0, 0.05) is 41.9 Å². The zero-order chi connectivity index (χ0) is 25.8. The van der Waals surface area contributed by atoms with Gasteiger partial charge in [0.05, 0.1) is 32.0 Å². The molecule has 0 aromatic heterocycles. The predicted octanol–water partition coefficient (Wildman–Crippen LogP) is 3.04. The molecule has 37 heavy (non-hydrogen) atoms. The van der Waals surface area contributed by atoms with E-state index in [4.69, 9.17) is 29.4 Å². The fraction of sp³-hybridized carbons (Fsp3) is 0.259. The van der Waals surface area contributed by atoms with E-state index < -0.39 is 17.7 Å². The van der Waals surface area contributed by atoms with Crippen molar-refractivity contribution in [2.45, 2.75) is 5.60 Å². The first-order valence-electron chi connectivity index (χ1n) is 11.8. The molecule has 3 aromatic carbocycles. The van der Waals surface area contributed by atoms with E-state index in [0.717, 1.165) is 0 Å². The number of phenols is 1. The molecular weight excluding hydrogens is 480 g/mol. The smallest absolute Gasteiger partial charge is 0.412 e. The standard InChI is InChI=1S/C27H26N2O8/c28-9-11-33-13-14-34-12-10-29-26(32)35-18-6-8-22-24(16-18)36-23-15-17(30)5-7-21(23)27(22)20-4-2-1-3-19(20)25(31)37-27/h1-8,15-16,30H,9-14,28H2,(H,29,32). The summed E-state index contributed by atoms with van der Waals surface area (Å²) in [6.45, 7) is 2.29. The summed E-state index contributed by atoms with van der Waals surface area (Å²) in [4.78, 5) is 25.1. The minimum absolute atomic E-state index is 0.00472. The summed E-state index contributed by atoms with van der Waals surface area (Å²) in [5.41, 5.74) is 6.34. The molecule has 0 saturated carbocycles. The van der Waals surface area contributed by atoms with E-state index in [9.17, 15) is 14.7 Å². The normalized spacial score (nSPS) is 16.8. The highest BCUT2D eigenvalue weighted by Gasteiger charge is 2.53. The third kappa shape index (κ3) is 4.69. The Bertz CT molecular complexity index is 1330. The maximum atomic E-state index is 12.8. The molecule has 0 radical (unpaired) electrons. The number of carbonyl (C=O) groups excluding carboxylic acids is 2. The first-order valence-corrected chi connectivity index (χ1v) is 11.8. The van der Waals surface area contributed by atoms with Crippen LogP contribution in [0.15, 0.2) is 60.7 Å². The van der Waals surface area contributed by atoms with E-state index >= 15 is 0 Å². The van der Waals surface area contributed by atoms with Crippen LogP contribution in [0.2, 0.25) is 0 Å². The Kier molecular flexibility index (Phi) is 6.95. The molecule has 5 rings (SSSR count). The number of ether oxygens (including phenoxy) is 5. The van der Waals surface area contributed by atoms with Crippen molar-refractivity contribution in [3.05, 3.63) is 82.9 Å². The summed E-state index contributed by atoms with van der Waals surface area (Å²) >= 11 is 0. The van der Waals surface area contributed by atoms with Crippen LogP contribution in [0.4, 0.5) is 4.79 Å². The van der Waals surface area contributed by atoms with E-state index in [1.165, 1.54) is 12.1 Å². The molecule has 2 aliphatic rings. The lowest BCUT2D eigenvalue weighted by atomic mass is 9.77. The number of benzene rings is 3. The van der Waals surface area contributed by atoms with Crippen LogP contribution in [0, 0.1) is 0 Å². The minimum Gasteiger partial charge on any atom is -0.508 e. The van der Waals surface area contributed by atoms with Gasteiger partial charge in [-0.25, -0.2) is 9.59 Å². The van der Waals surface area contributed by atoms with Gasteiger partial charge in [-0.1, -0.05) is 18.2 Å². The Hall–Kier alpha value is -4.12. The van der Waals surface area contributed by atoms with Gasteiger partial charge in [-0.2, -0.15) is 0 Å². The number of fused-ring (bicyclic) bond motifs is 6. The molecule has 10 nitrogen and oxygen atoms in total. The van der Waals surface area contributed by atoms with Gasteiger partial charge in [0.25, 0.3) is 0 Å². The second-order valence-corrected chi connectivity index (χ2v) is 8.39. The van der Waals surface area contributed by atoms with Crippen LogP contribution in [-0.2, 0) is 19.8 Å². The van der Waals surface area contributed by atoms with Crippen LogP contribution in [0.5, 0.6) is 23.0 Å². The van der Waals surface area contributed by atoms with E-state index in [0.29, 0.717) is 66.7 Å². The molecule has 192 valence electrons. The third-order valence-electron chi connectivity index (χ3n) is 6.03. The Morgan fingerprint density at radius 1 is 0.919 bits per heavy atom. The fourth-order valence-corrected chi connectivity index (χ4v) is 4.48. The van der Waals surface area contributed by atoms with E-state index in [-0.39, 0.29) is 18.0 Å². The molecule has 2 heterocycles. The van der Waals surface area contributed by atoms with Crippen molar-refractivity contribution in [3.63, 3.8) is 0 Å². The van der Waals surface area contributed by atoms with Gasteiger partial charge < -0.3 is 39.8 Å². The second kappa shape index (κ2) is 10.5. The first-order chi connectivity index (χ1) is 18.0. The number of aromatic hydroxyl groups is 1. The lowest BCUT2D eigenvalue weighted by Gasteiger charge is -2.36. The van der Waals surface area contributed by atoms with Gasteiger partial charge in [0.2, 0.25) is 0 Å². The van der Waals surface area contributed by atoms with E-state index in [2.05, 4.69) is 5.32 Å². The lowest BCUT2D eigenvalue weighted by molar-refractivity contribution is 0.0224. The van der Waals surface area contributed by atoms with Gasteiger partial charge >= 0.3 is 12.1 Å². The first kappa shape index (κ1) is 24.6. The molecule has 0 aliphatic carbocycles. The molecule has 3 aromatic rings. The van der Waals surface area contributed by atoms with Gasteiger partial charge in [-0.15, -0.1) is 0 Å². The van der Waals surface area contributed by atoms with Crippen molar-refractivity contribution in [1.82, 2.24) is 5.32 Å². The molecule has 4 N–H and O–H groups in total. The largest absolute Gasteiger partial charge is 0.508 e. The number of carbonyl (C=O) groups is 2. The zero-order valence-corrected chi connectivity index (χ0v) is 19.9. The fourth-order valence-electron chi connectivity index (χ4n) is 4.48. The predicted molar refractivity (Wildman–Crippen MR) is 131 cm³/mol. The quantitative estimate of drug-likeness (QED) is 0.295. The summed E-state index contributed by atoms with van der Waals surface area (Å²) in [6, 6.07) is 16.6. The molecule has 0 saturated heterocycles. The zero-order valence-electron chi connectivity index (χ0n) is 19.9. The number of nitrogens with one attached hydrogen (secondary N) is 1. The maximum Gasteiger partial charge on any atom is 0.412 e. The Morgan fingerprint density at radius 3 is 2.46 bits per heavy atom. The minimum atomic E-state index is -1.27. The number of rotatable bonds is 9. The highest BCUT2D eigenvalue weighted by atomic mass is 16.6. The number of nitrogens with two attached hydrogens (primary N) is 1. The van der Waals surface area contributed by atoms with Gasteiger partial charge in [-0.3, -0.25) is 0 Å². The Labute approximate surface area is 212 Å². The highest BCUT2D eigenvalue weighted by molar-refractivity contribution is 5.97. The molecular formula is C27H26N2O8. The third-order valence-corrected chi connectivity index (χ3v) is 6.03. The molecule has 2 aliphatic heterocycles. The molecule has 1 unspecified atom stereocenters. The Balaban J connectivity index is 1.34. The number of hydrogen-bond donors (Lipinski definition) is 3. The summed E-state index contributed by atoms with van der Waals surface area (Å²) in [5.74, 6) is 0.411. The number of amides is 1. The second-order valence-electron chi connectivity index (χ2n) is 8.39. The number of esters is 1. The van der Waals surface area contributed by atoms with E-state index in [1.807, 2.05) is 12.1 Å². The monoisotopic (exact) mass is 506 g/mol. The molecule has 1 spiro atoms. The SMILES string of the molecule is NCCOCCOCCNC(=O)Oc1ccc2c(c1)Oc1cc(O)ccc1C21OC(=O)c2ccccc21. The lowest BCUT2D eigenvalue weighted by Crippen LogP contribution is -2.33. The van der Waals surface area contributed by atoms with Crippen molar-refractivity contribution in [3.8, 4) is 23.0 Å². The number of phenolic OH excluding ortho intramolecular Hbond substituents is 1. The summed E-state index contributed by atoms with van der Waals surface area (Å²) in [5, 5.41) is 12.7. The van der Waals surface area contributed by atoms with Crippen LogP contribution in [0.3, 0.4) is 0 Å². The van der Waals surface area contributed by atoms with Crippen molar-refractivity contribution >= 4 is 12.1 Å². The molecule has 1 amide bonds. The van der Waals surface area contributed by atoms with Crippen LogP contribution < -0.4 is 20.5 Å². The van der Waals surface area contributed by atoms with E-state index in [1.54, 1.807) is 36.4 Å². The topological polar surface area (TPSA) is 139 Å². The average Bonchev–Trinajstić information content (AvgIpc) is 3.18. The Morgan fingerprint density at radius 2 is 1.65 bits per heavy atom. The molecule has 1 atom stereocenters. The van der Waals surface area contributed by atoms with Crippen molar-refractivity contribution in [2.75, 3.05) is 39.5 Å². The average molecular weight is 507 g/mol. The van der Waals surface area contributed by atoms with Gasteiger partial charge in [0.15, 0.2) is 5.60 Å². The summed E-state index contributed by atoms with van der Waals surface area (Å²) < 4.78 is 28.1. The van der Waals surface area contributed by atoms with Crippen LogP contribution >= 0.6 is 0 Å². The number of hydrogen-bond acceptors (Lipinski definition) is 9. The molecule has 10 heteroatoms. The van der Waals surface area contributed by atoms with Crippen molar-refractivity contribution in [1.29, 1.82) is 0 Å². The van der Waals surface area contributed by atoms with Crippen LogP contribution in [-0.4, -0.2) is 56.7 Å². The van der Waals surface area contributed by atoms with Crippen LogP contribution in [0.1, 0.15) is 27.0 Å². The summed E-state index contributed by atoms with van der Waals surface area (Å²) in [6.07, 6.45) is -0.663. The highest BCUT2D eigenvalue weighted by Crippen LogP contribution is 2.56. The van der Waals surface area contributed by atoms with Gasteiger partial charge in [-0.05, 0) is 30.3 Å². The van der Waals surface area contributed by atoms with Crippen LogP contribution in [0.25, 0.3) is 0 Å². The molecule has 0 bridgehead atoms. The van der Waals surface area contributed by atoms with Gasteiger partial charge in [0.1, 0.15) is 23.0 Å². The summed E-state index contributed by atoms with van der Waals surface area (Å²) in [7, 11) is 0. The van der Waals surface area contributed by atoms with Crippen molar-refractivity contribution < 1.29 is 38.4 Å². The molecule has 0 fully saturated rings. The maximum absolute atomic E-state index is 12.8. The van der Waals surface area contributed by atoms with Crippen molar-refractivity contribution in [2.24, 2.45) is 5.73 Å².